The Bertz CT molecular complexity index is 357. The number of hydrogen-bond acceptors (Lipinski definition) is 2. The zero-order chi connectivity index (χ0) is 11.1. The molecule has 0 spiro atoms. The van der Waals surface area contributed by atoms with Crippen LogP contribution in [0, 0.1) is 0 Å². The van der Waals surface area contributed by atoms with E-state index in [2.05, 4.69) is 4.72 Å². The fourth-order valence-electron chi connectivity index (χ4n) is 1.26. The number of nitrogens with zero attached hydrogens (tertiary/aromatic N) is 1. The number of rotatable bonds is 7. The molecule has 0 aliphatic carbocycles. The highest BCUT2D eigenvalue weighted by Gasteiger charge is 2.07. The molecule has 5 heteroatoms. The molecular formula is C10H18N2O2S. The third kappa shape index (κ3) is 4.99. The normalized spacial score (nSPS) is 11.8. The van der Waals surface area contributed by atoms with Crippen LogP contribution in [0.25, 0.3) is 0 Å². The van der Waals surface area contributed by atoms with Crippen LogP contribution in [0.4, 0.5) is 0 Å². The molecule has 0 saturated carbocycles. The van der Waals surface area contributed by atoms with Gasteiger partial charge in [-0.25, -0.2) is 13.1 Å². The molecule has 1 N–H and O–H groups in total. The SMILES string of the molecule is CCCCS(=O)(=O)NCCn1cccc1. The van der Waals surface area contributed by atoms with Crippen LogP contribution in [-0.4, -0.2) is 25.3 Å². The second kappa shape index (κ2) is 5.92. The molecule has 0 aromatic carbocycles. The maximum absolute atomic E-state index is 11.4. The first-order chi connectivity index (χ1) is 7.14. The van der Waals surface area contributed by atoms with Gasteiger partial charge < -0.3 is 4.57 Å². The van der Waals surface area contributed by atoms with Crippen LogP contribution in [0.2, 0.25) is 0 Å². The summed E-state index contributed by atoms with van der Waals surface area (Å²) in [6, 6.07) is 3.84. The number of sulfonamides is 1. The molecule has 1 aromatic heterocycles. The van der Waals surface area contributed by atoms with Crippen LogP contribution < -0.4 is 4.72 Å². The van der Waals surface area contributed by atoms with E-state index in [1.807, 2.05) is 36.0 Å². The summed E-state index contributed by atoms with van der Waals surface area (Å²) in [5.74, 6) is 0.231. The summed E-state index contributed by atoms with van der Waals surface area (Å²) < 4.78 is 27.3. The van der Waals surface area contributed by atoms with Gasteiger partial charge in [0.2, 0.25) is 10.0 Å². The van der Waals surface area contributed by atoms with E-state index < -0.39 is 10.0 Å². The number of hydrogen-bond donors (Lipinski definition) is 1. The molecule has 0 unspecified atom stereocenters. The first-order valence-corrected chi connectivity index (χ1v) is 6.87. The Morgan fingerprint density at radius 2 is 1.93 bits per heavy atom. The lowest BCUT2D eigenvalue weighted by Crippen LogP contribution is -2.29. The average Bonchev–Trinajstić information content (AvgIpc) is 2.67. The Balaban J connectivity index is 2.24. The minimum atomic E-state index is -3.06. The highest BCUT2D eigenvalue weighted by Crippen LogP contribution is 1.94. The van der Waals surface area contributed by atoms with E-state index in [0.717, 1.165) is 12.8 Å². The van der Waals surface area contributed by atoms with Crippen molar-refractivity contribution in [2.24, 2.45) is 0 Å². The van der Waals surface area contributed by atoms with Gasteiger partial charge in [0.1, 0.15) is 0 Å². The highest BCUT2D eigenvalue weighted by atomic mass is 32.2. The molecule has 0 radical (unpaired) electrons. The van der Waals surface area contributed by atoms with Crippen LogP contribution in [-0.2, 0) is 16.6 Å². The number of unbranched alkanes of at least 4 members (excludes halogenated alkanes) is 1. The van der Waals surface area contributed by atoms with Crippen LogP contribution >= 0.6 is 0 Å². The molecule has 0 bridgehead atoms. The standard InChI is InChI=1S/C10H18N2O2S/c1-2-3-10-15(13,14)11-6-9-12-7-4-5-8-12/h4-5,7-8,11H,2-3,6,9-10H2,1H3. The summed E-state index contributed by atoms with van der Waals surface area (Å²) in [6.45, 7) is 3.12. The molecule has 1 heterocycles. The molecule has 0 aliphatic rings. The van der Waals surface area contributed by atoms with Gasteiger partial charge in [0.25, 0.3) is 0 Å². The molecule has 0 fully saturated rings. The Kier molecular flexibility index (Phi) is 4.84. The fraction of sp³-hybridized carbons (Fsp3) is 0.600. The number of nitrogens with one attached hydrogen (secondary N) is 1. The first kappa shape index (κ1) is 12.3. The van der Waals surface area contributed by atoms with Crippen molar-refractivity contribution >= 4 is 10.0 Å². The largest absolute Gasteiger partial charge is 0.353 e. The van der Waals surface area contributed by atoms with Gasteiger partial charge in [-0.1, -0.05) is 13.3 Å². The molecular weight excluding hydrogens is 212 g/mol. The van der Waals surface area contributed by atoms with E-state index in [1.54, 1.807) is 0 Å². The van der Waals surface area contributed by atoms with Crippen molar-refractivity contribution in [1.82, 2.24) is 9.29 Å². The van der Waals surface area contributed by atoms with Gasteiger partial charge >= 0.3 is 0 Å². The van der Waals surface area contributed by atoms with E-state index in [-0.39, 0.29) is 5.75 Å². The van der Waals surface area contributed by atoms with E-state index in [0.29, 0.717) is 13.1 Å². The summed E-state index contributed by atoms with van der Waals surface area (Å²) in [4.78, 5) is 0. The maximum Gasteiger partial charge on any atom is 0.211 e. The van der Waals surface area contributed by atoms with Gasteiger partial charge in [-0.15, -0.1) is 0 Å². The third-order valence-electron chi connectivity index (χ3n) is 2.12. The Hall–Kier alpha value is -0.810. The second-order valence-electron chi connectivity index (χ2n) is 3.49. The highest BCUT2D eigenvalue weighted by molar-refractivity contribution is 7.89. The van der Waals surface area contributed by atoms with Gasteiger partial charge in [-0.2, -0.15) is 0 Å². The molecule has 0 aliphatic heterocycles. The summed E-state index contributed by atoms with van der Waals surface area (Å²) >= 11 is 0. The molecule has 0 saturated heterocycles. The Morgan fingerprint density at radius 1 is 1.27 bits per heavy atom. The lowest BCUT2D eigenvalue weighted by molar-refractivity contribution is 0.570. The third-order valence-corrected chi connectivity index (χ3v) is 3.59. The molecule has 0 atom stereocenters. The minimum absolute atomic E-state index is 0.231. The van der Waals surface area contributed by atoms with Gasteiger partial charge in [-0.3, -0.25) is 0 Å². The van der Waals surface area contributed by atoms with E-state index >= 15 is 0 Å². The minimum Gasteiger partial charge on any atom is -0.353 e. The van der Waals surface area contributed by atoms with Crippen LogP contribution in [0.3, 0.4) is 0 Å². The Morgan fingerprint density at radius 3 is 2.53 bits per heavy atom. The summed E-state index contributed by atoms with van der Waals surface area (Å²) in [5.41, 5.74) is 0. The predicted molar refractivity (Wildman–Crippen MR) is 61.1 cm³/mol. The summed E-state index contributed by atoms with van der Waals surface area (Å²) in [6.07, 6.45) is 5.46. The van der Waals surface area contributed by atoms with Crippen LogP contribution in [0.15, 0.2) is 24.5 Å². The Labute approximate surface area is 91.4 Å². The zero-order valence-corrected chi connectivity index (χ0v) is 9.83. The zero-order valence-electron chi connectivity index (χ0n) is 9.02. The van der Waals surface area contributed by atoms with E-state index in [9.17, 15) is 8.42 Å². The molecule has 0 amide bonds. The second-order valence-corrected chi connectivity index (χ2v) is 5.41. The lowest BCUT2D eigenvalue weighted by atomic mass is 10.4. The van der Waals surface area contributed by atoms with Crippen molar-refractivity contribution in [2.75, 3.05) is 12.3 Å². The predicted octanol–water partition coefficient (Wildman–Crippen LogP) is 1.21. The van der Waals surface area contributed by atoms with Gasteiger partial charge in [0.05, 0.1) is 5.75 Å². The topological polar surface area (TPSA) is 51.1 Å². The van der Waals surface area contributed by atoms with Crippen molar-refractivity contribution in [2.45, 2.75) is 26.3 Å². The van der Waals surface area contributed by atoms with Crippen molar-refractivity contribution in [3.8, 4) is 0 Å². The van der Waals surface area contributed by atoms with E-state index in [1.165, 1.54) is 0 Å². The molecule has 1 rings (SSSR count). The quantitative estimate of drug-likeness (QED) is 0.765. The van der Waals surface area contributed by atoms with Gasteiger partial charge in [-0.05, 0) is 18.6 Å². The monoisotopic (exact) mass is 230 g/mol. The van der Waals surface area contributed by atoms with Crippen molar-refractivity contribution in [1.29, 1.82) is 0 Å². The van der Waals surface area contributed by atoms with Crippen molar-refractivity contribution in [3.63, 3.8) is 0 Å². The molecule has 4 nitrogen and oxygen atoms in total. The van der Waals surface area contributed by atoms with Crippen molar-refractivity contribution < 1.29 is 8.42 Å². The van der Waals surface area contributed by atoms with E-state index in [4.69, 9.17) is 0 Å². The lowest BCUT2D eigenvalue weighted by Gasteiger charge is -2.06. The molecule has 15 heavy (non-hydrogen) atoms. The molecule has 1 aromatic rings. The van der Waals surface area contributed by atoms with Crippen LogP contribution in [0.1, 0.15) is 19.8 Å². The summed E-state index contributed by atoms with van der Waals surface area (Å²) in [5, 5.41) is 0. The molecule has 86 valence electrons. The average molecular weight is 230 g/mol. The van der Waals surface area contributed by atoms with Crippen LogP contribution in [0.5, 0.6) is 0 Å². The van der Waals surface area contributed by atoms with Gasteiger partial charge in [0.15, 0.2) is 0 Å². The first-order valence-electron chi connectivity index (χ1n) is 5.22. The smallest absolute Gasteiger partial charge is 0.211 e. The number of aromatic nitrogens is 1. The van der Waals surface area contributed by atoms with Crippen molar-refractivity contribution in [3.05, 3.63) is 24.5 Å². The summed E-state index contributed by atoms with van der Waals surface area (Å²) in [7, 11) is -3.06. The fourth-order valence-corrected chi connectivity index (χ4v) is 2.47. The van der Waals surface area contributed by atoms with Gasteiger partial charge in [0, 0.05) is 25.5 Å². The maximum atomic E-state index is 11.4.